The molecular weight excluding hydrogens is 461 g/mol. The first-order chi connectivity index (χ1) is 13.3. The molecule has 0 atom stereocenters. The van der Waals surface area contributed by atoms with E-state index in [0.717, 1.165) is 31.4 Å². The molecule has 0 aliphatic heterocycles. The third-order valence-electron chi connectivity index (χ3n) is 3.19. The first-order valence-corrected chi connectivity index (χ1v) is 8.92. The highest BCUT2D eigenvalue weighted by Gasteiger charge is 2.32. The molecule has 5 nitrogen and oxygen atoms in total. The standard InChI is InChI=1S/C16H14B3BrF4O5/c1-26-14(25)13-9(21)4-7(20)5-12(13)27-10-3-2-8(28-16(22,23)24)6-11(10)29-15(17,18)19/h2-6H,17-19H2,1H3. The number of rotatable bonds is 6. The van der Waals surface area contributed by atoms with Crippen molar-refractivity contribution in [1.82, 2.24) is 0 Å². The summed E-state index contributed by atoms with van der Waals surface area (Å²) in [5.74, 6) is -2.80. The maximum Gasteiger partial charge on any atom is 0.573 e. The summed E-state index contributed by atoms with van der Waals surface area (Å²) in [4.78, 5) is 11.9. The van der Waals surface area contributed by atoms with Gasteiger partial charge >= 0.3 is 12.3 Å². The molecule has 0 N–H and O–H groups in total. The van der Waals surface area contributed by atoms with Gasteiger partial charge in [-0.2, -0.15) is 0 Å². The average Bonchev–Trinajstić information content (AvgIpc) is 2.53. The molecule has 2 rings (SSSR count). The lowest BCUT2D eigenvalue weighted by Crippen LogP contribution is -2.37. The van der Waals surface area contributed by atoms with Crippen LogP contribution in [0.5, 0.6) is 23.0 Å². The Morgan fingerprint density at radius 1 is 1.00 bits per heavy atom. The van der Waals surface area contributed by atoms with Crippen molar-refractivity contribution in [2.45, 2.75) is 11.7 Å². The highest BCUT2D eigenvalue weighted by molar-refractivity contribution is 9.10. The molecule has 2 aromatic carbocycles. The molecule has 0 aliphatic rings. The molecule has 0 spiro atoms. The summed E-state index contributed by atoms with van der Waals surface area (Å²) in [5.41, 5.74) is -0.479. The Balaban J connectivity index is 2.53. The Kier molecular flexibility index (Phi) is 6.82. The maximum absolute atomic E-state index is 14.3. The monoisotopic (exact) mass is 474 g/mol. The smallest absolute Gasteiger partial charge is 0.510 e. The van der Waals surface area contributed by atoms with Gasteiger partial charge in [-0.1, -0.05) is 15.9 Å². The van der Waals surface area contributed by atoms with Gasteiger partial charge in [0.05, 0.1) is 7.11 Å². The quantitative estimate of drug-likeness (QED) is 0.364. The van der Waals surface area contributed by atoms with E-state index in [1.54, 1.807) is 23.5 Å². The van der Waals surface area contributed by atoms with E-state index in [0.29, 0.717) is 0 Å². The van der Waals surface area contributed by atoms with Gasteiger partial charge in [0.2, 0.25) is 0 Å². The van der Waals surface area contributed by atoms with Crippen LogP contribution in [0.2, 0.25) is 0 Å². The second kappa shape index (κ2) is 8.60. The third-order valence-corrected chi connectivity index (χ3v) is 3.65. The number of carbonyl (C=O) groups is 1. The fraction of sp³-hybridized carbons (Fsp3) is 0.188. The number of hydrogen-bond acceptors (Lipinski definition) is 5. The molecule has 2 aromatic rings. The van der Waals surface area contributed by atoms with Gasteiger partial charge in [-0.25, -0.2) is 9.18 Å². The molecule has 152 valence electrons. The van der Waals surface area contributed by atoms with Crippen LogP contribution in [0.1, 0.15) is 10.4 Å². The van der Waals surface area contributed by atoms with E-state index in [1.165, 1.54) is 6.07 Å². The van der Waals surface area contributed by atoms with E-state index in [2.05, 4.69) is 25.4 Å². The Labute approximate surface area is 175 Å². The molecule has 29 heavy (non-hydrogen) atoms. The van der Waals surface area contributed by atoms with E-state index >= 15 is 0 Å². The molecule has 0 aromatic heterocycles. The molecule has 0 bridgehead atoms. The number of benzene rings is 2. The van der Waals surface area contributed by atoms with Gasteiger partial charge in [-0.15, -0.1) is 13.2 Å². The molecule has 0 radical (unpaired) electrons. The topological polar surface area (TPSA) is 54.0 Å². The molecule has 0 aliphatic carbocycles. The Hall–Kier alpha value is -2.30. The van der Waals surface area contributed by atoms with Crippen LogP contribution in [0.3, 0.4) is 0 Å². The minimum atomic E-state index is -4.90. The predicted octanol–water partition coefficient (Wildman–Crippen LogP) is 1.96. The summed E-state index contributed by atoms with van der Waals surface area (Å²) in [7, 11) is 6.09. The number of methoxy groups -OCH3 is 1. The lowest BCUT2D eigenvalue weighted by atomic mass is 9.52. The molecule has 0 amide bonds. The van der Waals surface area contributed by atoms with E-state index in [4.69, 9.17) is 9.47 Å². The number of esters is 1. The minimum Gasteiger partial charge on any atom is -0.510 e. The summed E-state index contributed by atoms with van der Waals surface area (Å²) < 4.78 is 71.9. The van der Waals surface area contributed by atoms with Crippen molar-refractivity contribution in [3.05, 3.63) is 46.2 Å². The number of hydrogen-bond donors (Lipinski definition) is 0. The van der Waals surface area contributed by atoms with Crippen molar-refractivity contribution in [3.8, 4) is 23.0 Å². The minimum absolute atomic E-state index is 0.0582. The summed E-state index contributed by atoms with van der Waals surface area (Å²) >= 11 is 3.10. The van der Waals surface area contributed by atoms with Crippen molar-refractivity contribution < 1.29 is 41.3 Å². The van der Waals surface area contributed by atoms with Gasteiger partial charge in [0.1, 0.15) is 46.4 Å². The van der Waals surface area contributed by atoms with Crippen LogP contribution < -0.4 is 14.2 Å². The van der Waals surface area contributed by atoms with Crippen LogP contribution in [0.4, 0.5) is 17.6 Å². The highest BCUT2D eigenvalue weighted by Crippen LogP contribution is 2.39. The van der Waals surface area contributed by atoms with Gasteiger partial charge < -0.3 is 18.9 Å². The fourth-order valence-electron chi connectivity index (χ4n) is 2.23. The number of halogens is 5. The lowest BCUT2D eigenvalue weighted by Gasteiger charge is -2.24. The zero-order chi connectivity index (χ0) is 22.0. The van der Waals surface area contributed by atoms with Gasteiger partial charge in [0.15, 0.2) is 11.5 Å². The van der Waals surface area contributed by atoms with Crippen LogP contribution in [0.25, 0.3) is 0 Å². The third kappa shape index (κ3) is 6.62. The molecule has 0 saturated carbocycles. The SMILES string of the molecule is BC(B)(B)Oc1cc(OC(F)(F)F)ccc1Oc1cc(Br)cc(F)c1C(=O)OC. The van der Waals surface area contributed by atoms with Crippen molar-refractivity contribution in [2.75, 3.05) is 7.11 Å². The van der Waals surface area contributed by atoms with Crippen molar-refractivity contribution in [2.24, 2.45) is 0 Å². The van der Waals surface area contributed by atoms with Crippen LogP contribution in [0.15, 0.2) is 34.8 Å². The maximum atomic E-state index is 14.3. The van der Waals surface area contributed by atoms with Crippen LogP contribution in [-0.4, -0.2) is 48.3 Å². The Bertz CT molecular complexity index is 919. The summed E-state index contributed by atoms with van der Waals surface area (Å²) in [5, 5.41) is -0.803. The lowest BCUT2D eigenvalue weighted by molar-refractivity contribution is -0.274. The van der Waals surface area contributed by atoms with Crippen LogP contribution in [-0.2, 0) is 4.74 Å². The molecule has 0 heterocycles. The number of carbonyl (C=O) groups excluding carboxylic acids is 1. The number of alkyl halides is 3. The van der Waals surface area contributed by atoms with Crippen LogP contribution in [0, 0.1) is 5.82 Å². The summed E-state index contributed by atoms with van der Waals surface area (Å²) in [6.07, 6.45) is -4.90. The summed E-state index contributed by atoms with van der Waals surface area (Å²) in [6.45, 7) is 0. The number of ether oxygens (including phenoxy) is 4. The van der Waals surface area contributed by atoms with Crippen molar-refractivity contribution in [3.63, 3.8) is 0 Å². The van der Waals surface area contributed by atoms with Gasteiger partial charge in [0.25, 0.3) is 0 Å². The molecular formula is C16H14B3BrF4O5. The Morgan fingerprint density at radius 3 is 2.21 bits per heavy atom. The second-order valence-corrected chi connectivity index (χ2v) is 7.64. The van der Waals surface area contributed by atoms with Gasteiger partial charge in [0, 0.05) is 15.8 Å². The van der Waals surface area contributed by atoms with Gasteiger partial charge in [-0.3, -0.25) is 0 Å². The Morgan fingerprint density at radius 2 is 1.66 bits per heavy atom. The van der Waals surface area contributed by atoms with E-state index in [9.17, 15) is 22.4 Å². The molecule has 0 saturated heterocycles. The van der Waals surface area contributed by atoms with Crippen molar-refractivity contribution >= 4 is 45.4 Å². The first-order valence-electron chi connectivity index (χ1n) is 8.13. The molecule has 13 heteroatoms. The second-order valence-electron chi connectivity index (χ2n) is 6.73. The van der Waals surface area contributed by atoms with Crippen LogP contribution >= 0.6 is 15.9 Å². The molecule has 0 fully saturated rings. The highest BCUT2D eigenvalue weighted by atomic mass is 79.9. The van der Waals surface area contributed by atoms with Gasteiger partial charge in [-0.05, 0) is 24.3 Å². The fourth-order valence-corrected chi connectivity index (χ4v) is 2.64. The van der Waals surface area contributed by atoms with E-state index in [-0.39, 0.29) is 21.7 Å². The average molecular weight is 475 g/mol. The first kappa shape index (κ1) is 23.0. The molecule has 0 unspecified atom stereocenters. The van der Waals surface area contributed by atoms with E-state index < -0.39 is 34.8 Å². The van der Waals surface area contributed by atoms with Crippen molar-refractivity contribution in [1.29, 1.82) is 0 Å². The largest absolute Gasteiger partial charge is 0.573 e. The summed E-state index contributed by atoms with van der Waals surface area (Å²) in [6, 6.07) is 5.51. The zero-order valence-corrected chi connectivity index (χ0v) is 17.4. The zero-order valence-electron chi connectivity index (χ0n) is 15.8. The predicted molar refractivity (Wildman–Crippen MR) is 108 cm³/mol. The normalized spacial score (nSPS) is 11.7. The van der Waals surface area contributed by atoms with E-state index in [1.807, 2.05) is 0 Å².